The molecule has 7 nitrogen and oxygen atoms in total. The average molecular weight is 464 g/mol. The topological polar surface area (TPSA) is 118 Å². The van der Waals surface area contributed by atoms with Crippen LogP contribution in [0.2, 0.25) is 0 Å². The lowest BCUT2D eigenvalue weighted by Gasteiger charge is -2.19. The van der Waals surface area contributed by atoms with E-state index in [1.54, 1.807) is 36.4 Å². The highest BCUT2D eigenvalue weighted by atomic mass is 19.1. The first-order valence-corrected chi connectivity index (χ1v) is 10.5. The Morgan fingerprint density at radius 3 is 2.35 bits per heavy atom. The van der Waals surface area contributed by atoms with E-state index in [4.69, 9.17) is 10.2 Å². The molecule has 4 rings (SSSR count). The largest absolute Gasteiger partial charge is 0.478 e. The summed E-state index contributed by atoms with van der Waals surface area (Å²) in [7, 11) is 0.500. The SMILES string of the molecule is CF.Cc1cc(C(C)Nc2ccccc2C(=O)O)c2oc(Nc3ccccc3N)cc(=O)c2c1. The highest BCUT2D eigenvalue weighted by Crippen LogP contribution is 2.31. The number of para-hydroxylation sites is 3. The Labute approximate surface area is 196 Å². The lowest BCUT2D eigenvalue weighted by Crippen LogP contribution is -2.13. The van der Waals surface area contributed by atoms with Crippen molar-refractivity contribution in [2.45, 2.75) is 19.9 Å². The number of benzene rings is 3. The van der Waals surface area contributed by atoms with Crippen LogP contribution in [0.5, 0.6) is 0 Å². The van der Waals surface area contributed by atoms with Gasteiger partial charge in [0, 0.05) is 17.3 Å². The molecule has 1 heterocycles. The molecule has 0 aliphatic rings. The number of hydrogen-bond donors (Lipinski definition) is 4. The zero-order valence-corrected chi connectivity index (χ0v) is 19.1. The third-order valence-corrected chi connectivity index (χ3v) is 5.22. The Hall–Kier alpha value is -4.33. The Bertz CT molecular complexity index is 1380. The highest BCUT2D eigenvalue weighted by molar-refractivity contribution is 5.94. The van der Waals surface area contributed by atoms with E-state index in [9.17, 15) is 19.1 Å². The van der Waals surface area contributed by atoms with Crippen LogP contribution in [0.4, 0.5) is 27.3 Å². The van der Waals surface area contributed by atoms with Crippen molar-refractivity contribution in [2.24, 2.45) is 0 Å². The van der Waals surface area contributed by atoms with E-state index in [1.807, 2.05) is 32.0 Å². The van der Waals surface area contributed by atoms with Crippen LogP contribution in [-0.4, -0.2) is 18.3 Å². The lowest BCUT2D eigenvalue weighted by atomic mass is 10.0. The van der Waals surface area contributed by atoms with Gasteiger partial charge in [0.15, 0.2) is 5.43 Å². The van der Waals surface area contributed by atoms with Gasteiger partial charge in [0.05, 0.1) is 35.5 Å². The zero-order valence-electron chi connectivity index (χ0n) is 19.1. The molecule has 176 valence electrons. The van der Waals surface area contributed by atoms with Gasteiger partial charge in [-0.1, -0.05) is 30.3 Å². The summed E-state index contributed by atoms with van der Waals surface area (Å²) in [5, 5.41) is 16.2. The van der Waals surface area contributed by atoms with Gasteiger partial charge in [-0.3, -0.25) is 9.18 Å². The summed E-state index contributed by atoms with van der Waals surface area (Å²) in [6, 6.07) is 18.7. The van der Waals surface area contributed by atoms with Gasteiger partial charge in [0.25, 0.3) is 0 Å². The van der Waals surface area contributed by atoms with Crippen molar-refractivity contribution in [1.29, 1.82) is 0 Å². The molecule has 0 radical (unpaired) electrons. The summed E-state index contributed by atoms with van der Waals surface area (Å²) in [4.78, 5) is 24.5. The quantitative estimate of drug-likeness (QED) is 0.264. The smallest absolute Gasteiger partial charge is 0.337 e. The summed E-state index contributed by atoms with van der Waals surface area (Å²) in [5.41, 5.74) is 9.68. The predicted molar refractivity (Wildman–Crippen MR) is 134 cm³/mol. The summed E-state index contributed by atoms with van der Waals surface area (Å²) in [6.45, 7) is 3.79. The fraction of sp³-hybridized carbons (Fsp3) is 0.154. The van der Waals surface area contributed by atoms with Gasteiger partial charge in [0.2, 0.25) is 5.88 Å². The van der Waals surface area contributed by atoms with E-state index >= 15 is 0 Å². The minimum atomic E-state index is -1.02. The fourth-order valence-corrected chi connectivity index (χ4v) is 3.67. The first-order valence-electron chi connectivity index (χ1n) is 10.5. The Morgan fingerprint density at radius 2 is 1.68 bits per heavy atom. The number of halogens is 1. The summed E-state index contributed by atoms with van der Waals surface area (Å²) < 4.78 is 15.6. The molecule has 8 heteroatoms. The van der Waals surface area contributed by atoms with Crippen molar-refractivity contribution in [3.05, 3.63) is 93.6 Å². The minimum absolute atomic E-state index is 0.166. The second kappa shape index (κ2) is 10.5. The van der Waals surface area contributed by atoms with Crippen LogP contribution in [0.25, 0.3) is 11.0 Å². The third kappa shape index (κ3) is 5.17. The van der Waals surface area contributed by atoms with Crippen LogP contribution in [0.3, 0.4) is 0 Å². The minimum Gasteiger partial charge on any atom is -0.478 e. The first-order chi connectivity index (χ1) is 16.3. The Kier molecular flexibility index (Phi) is 7.53. The number of nitrogen functional groups attached to an aromatic ring is 1. The molecule has 0 aliphatic carbocycles. The first kappa shape index (κ1) is 24.3. The van der Waals surface area contributed by atoms with E-state index in [2.05, 4.69) is 10.6 Å². The second-order valence-electron chi connectivity index (χ2n) is 7.63. The maximum Gasteiger partial charge on any atom is 0.337 e. The number of aryl methyl sites for hydroxylation is 1. The van der Waals surface area contributed by atoms with Crippen LogP contribution < -0.4 is 21.8 Å². The summed E-state index contributed by atoms with van der Waals surface area (Å²) >= 11 is 0. The number of nitrogens with two attached hydrogens (primary N) is 1. The number of rotatable bonds is 6. The number of alkyl halides is 1. The maximum atomic E-state index is 12.9. The van der Waals surface area contributed by atoms with E-state index < -0.39 is 5.97 Å². The van der Waals surface area contributed by atoms with Gasteiger partial charge < -0.3 is 25.9 Å². The summed E-state index contributed by atoms with van der Waals surface area (Å²) in [6.07, 6.45) is 0. The van der Waals surface area contributed by atoms with E-state index in [1.165, 1.54) is 12.1 Å². The molecule has 3 aromatic carbocycles. The lowest BCUT2D eigenvalue weighted by molar-refractivity contribution is 0.0698. The van der Waals surface area contributed by atoms with Crippen molar-refractivity contribution in [3.8, 4) is 0 Å². The number of nitrogens with one attached hydrogen (secondary N) is 2. The van der Waals surface area contributed by atoms with Crippen LogP contribution in [0.15, 0.2) is 75.9 Å². The van der Waals surface area contributed by atoms with Crippen molar-refractivity contribution in [3.63, 3.8) is 0 Å². The number of carboxylic acid groups (broad SMARTS) is 1. The molecule has 0 aliphatic heterocycles. The molecule has 0 saturated carbocycles. The molecule has 0 amide bonds. The Balaban J connectivity index is 0.00000158. The second-order valence-corrected chi connectivity index (χ2v) is 7.63. The van der Waals surface area contributed by atoms with Crippen molar-refractivity contribution in [2.75, 3.05) is 23.5 Å². The van der Waals surface area contributed by atoms with Gasteiger partial charge in [-0.05, 0) is 49.7 Å². The predicted octanol–water partition coefficient (Wildman–Crippen LogP) is 5.88. The number of hydrogen-bond acceptors (Lipinski definition) is 6. The maximum absolute atomic E-state index is 12.9. The van der Waals surface area contributed by atoms with E-state index in [0.717, 1.165) is 11.1 Å². The molecule has 4 aromatic rings. The molecule has 5 N–H and O–H groups in total. The van der Waals surface area contributed by atoms with Crippen LogP contribution in [0, 0.1) is 6.92 Å². The zero-order chi connectivity index (χ0) is 24.8. The van der Waals surface area contributed by atoms with Crippen molar-refractivity contribution in [1.82, 2.24) is 0 Å². The van der Waals surface area contributed by atoms with Gasteiger partial charge in [-0.25, -0.2) is 4.79 Å². The normalized spacial score (nSPS) is 11.3. The molecule has 34 heavy (non-hydrogen) atoms. The molecule has 1 atom stereocenters. The van der Waals surface area contributed by atoms with E-state index in [0.29, 0.717) is 35.2 Å². The van der Waals surface area contributed by atoms with Crippen molar-refractivity contribution >= 4 is 39.9 Å². The third-order valence-electron chi connectivity index (χ3n) is 5.22. The van der Waals surface area contributed by atoms with Gasteiger partial charge in [-0.2, -0.15) is 0 Å². The highest BCUT2D eigenvalue weighted by Gasteiger charge is 2.18. The van der Waals surface area contributed by atoms with Crippen molar-refractivity contribution < 1.29 is 18.7 Å². The number of fused-ring (bicyclic) bond motifs is 1. The van der Waals surface area contributed by atoms with Gasteiger partial charge in [-0.15, -0.1) is 0 Å². The number of carbonyl (C=O) groups is 1. The van der Waals surface area contributed by atoms with Crippen LogP contribution >= 0.6 is 0 Å². The average Bonchev–Trinajstić information content (AvgIpc) is 2.82. The molecule has 1 aromatic heterocycles. The molecule has 0 saturated heterocycles. The number of anilines is 4. The number of carboxylic acids is 1. The van der Waals surface area contributed by atoms with Crippen LogP contribution in [0.1, 0.15) is 34.5 Å². The molecule has 1 unspecified atom stereocenters. The van der Waals surface area contributed by atoms with Gasteiger partial charge in [0.1, 0.15) is 5.58 Å². The van der Waals surface area contributed by atoms with Gasteiger partial charge >= 0.3 is 5.97 Å². The molecule has 0 bridgehead atoms. The fourth-order valence-electron chi connectivity index (χ4n) is 3.67. The molecule has 0 fully saturated rings. The molecule has 0 spiro atoms. The number of aromatic carboxylic acids is 1. The standard InChI is InChI=1S/C25H23N3O4.CH3F/c1-14-11-17(15(2)27-20-9-5-3-7-16(20)25(30)31)24-18(12-14)22(29)13-23(32-24)28-21-10-6-4-8-19(21)26;1-2/h3-13,15,27-28H,26H2,1-2H3,(H,30,31);1H3. The van der Waals surface area contributed by atoms with E-state index in [-0.39, 0.29) is 22.9 Å². The summed E-state index contributed by atoms with van der Waals surface area (Å²) in [5.74, 6) is -0.753. The monoisotopic (exact) mass is 463 g/mol. The molecular weight excluding hydrogens is 437 g/mol. The van der Waals surface area contributed by atoms with Crippen LogP contribution in [-0.2, 0) is 0 Å². The molecular formula is C26H26FN3O4. The Morgan fingerprint density at radius 1 is 1.03 bits per heavy atom.